The molecule has 0 aliphatic carbocycles. The van der Waals surface area contributed by atoms with Gasteiger partial charge in [-0.15, -0.1) is 22.6 Å². The van der Waals surface area contributed by atoms with Crippen LogP contribution in [0.25, 0.3) is 22.0 Å². The first-order chi connectivity index (χ1) is 16.5. The number of rotatable bonds is 3. The molecule has 9 heteroatoms. The lowest BCUT2D eigenvalue weighted by atomic mass is 10.0. The van der Waals surface area contributed by atoms with Gasteiger partial charge < -0.3 is 15.1 Å². The van der Waals surface area contributed by atoms with Gasteiger partial charge in [0.05, 0.1) is 0 Å². The third kappa shape index (κ3) is 5.16. The van der Waals surface area contributed by atoms with Crippen LogP contribution in [0.5, 0.6) is 0 Å². The number of hydrogen-bond donors (Lipinski definition) is 1. The van der Waals surface area contributed by atoms with Crippen LogP contribution in [0.3, 0.4) is 0 Å². The molecule has 1 N–H and O–H groups in total. The maximum Gasteiger partial charge on any atom is 0.322 e. The van der Waals surface area contributed by atoms with Crippen molar-refractivity contribution in [3.63, 3.8) is 0 Å². The number of nitrogens with one attached hydrogen (secondary N) is 1. The third-order valence-corrected chi connectivity index (χ3v) is 6.32. The zero-order chi connectivity index (χ0) is 23.7. The summed E-state index contributed by atoms with van der Waals surface area (Å²) in [5, 5.41) is 14.6. The molecule has 2 heterocycles. The van der Waals surface area contributed by atoms with Gasteiger partial charge in [-0.2, -0.15) is 0 Å². The van der Waals surface area contributed by atoms with Crippen LogP contribution in [0, 0.1) is 5.82 Å². The van der Waals surface area contributed by atoms with Crippen LogP contribution < -0.4 is 10.2 Å². The van der Waals surface area contributed by atoms with Gasteiger partial charge in [0.25, 0.3) is 0 Å². The van der Waals surface area contributed by atoms with E-state index in [1.54, 1.807) is 36.4 Å². The monoisotopic (exact) mass is 511 g/mol. The predicted molar refractivity (Wildman–Crippen MR) is 141 cm³/mol. The Morgan fingerprint density at radius 1 is 0.971 bits per heavy atom. The molecular weight excluding hydrogens is 488 g/mol. The van der Waals surface area contributed by atoms with Gasteiger partial charge in [-0.05, 0) is 55.5 Å². The SMILES string of the molecule is CC1CN(c2nnc(-c3ccc(F)cc3)c3ccccc23)CCN1C(=O)Nc1ccc(Cl)cc1.Cl. The van der Waals surface area contributed by atoms with Gasteiger partial charge in [0.1, 0.15) is 11.5 Å². The standard InChI is InChI=1S/C26H23ClFN5O.ClH/c1-17-16-32(14-15-33(17)26(34)29-21-12-8-19(27)9-13-21)25-23-5-3-2-4-22(23)24(30-31-25)18-6-10-20(28)11-7-18;/h2-13,17H,14-16H2,1H3,(H,29,34);1H. The molecule has 1 saturated heterocycles. The van der Waals surface area contributed by atoms with Crippen molar-refractivity contribution in [1.29, 1.82) is 0 Å². The highest BCUT2D eigenvalue weighted by atomic mass is 35.5. The molecule has 0 saturated carbocycles. The molecule has 0 spiro atoms. The van der Waals surface area contributed by atoms with Crippen LogP contribution in [0.15, 0.2) is 72.8 Å². The number of carbonyl (C=O) groups is 1. The topological polar surface area (TPSA) is 61.4 Å². The second kappa shape index (κ2) is 10.5. The van der Waals surface area contributed by atoms with E-state index in [1.807, 2.05) is 36.1 Å². The first kappa shape index (κ1) is 24.7. The second-order valence-corrected chi connectivity index (χ2v) is 8.79. The Bertz CT molecular complexity index is 1330. The molecule has 1 atom stereocenters. The average Bonchev–Trinajstić information content (AvgIpc) is 2.85. The van der Waals surface area contributed by atoms with Crippen molar-refractivity contribution in [3.8, 4) is 11.3 Å². The molecule has 1 fully saturated rings. The maximum atomic E-state index is 13.4. The van der Waals surface area contributed by atoms with Gasteiger partial charge >= 0.3 is 6.03 Å². The fraction of sp³-hybridized carbons (Fsp3) is 0.192. The Hall–Kier alpha value is -3.42. The molecule has 5 rings (SSSR count). The van der Waals surface area contributed by atoms with E-state index in [2.05, 4.69) is 20.4 Å². The minimum Gasteiger partial charge on any atom is -0.351 e. The average molecular weight is 512 g/mol. The molecular formula is C26H24Cl2FN5O. The molecule has 1 aliphatic heterocycles. The fourth-order valence-corrected chi connectivity index (χ4v) is 4.45. The molecule has 3 aromatic carbocycles. The van der Waals surface area contributed by atoms with Crippen molar-refractivity contribution in [1.82, 2.24) is 15.1 Å². The van der Waals surface area contributed by atoms with Crippen molar-refractivity contribution >= 4 is 52.3 Å². The highest BCUT2D eigenvalue weighted by Gasteiger charge is 2.29. The van der Waals surface area contributed by atoms with Crippen LogP contribution in [0.4, 0.5) is 20.7 Å². The summed E-state index contributed by atoms with van der Waals surface area (Å²) in [7, 11) is 0. The van der Waals surface area contributed by atoms with Crippen molar-refractivity contribution in [3.05, 3.63) is 83.6 Å². The van der Waals surface area contributed by atoms with E-state index in [4.69, 9.17) is 11.6 Å². The number of piperazine rings is 1. The summed E-state index contributed by atoms with van der Waals surface area (Å²) in [6.07, 6.45) is 0. The molecule has 4 aromatic rings. The summed E-state index contributed by atoms with van der Waals surface area (Å²) in [4.78, 5) is 16.8. The number of fused-ring (bicyclic) bond motifs is 1. The highest BCUT2D eigenvalue weighted by Crippen LogP contribution is 2.32. The predicted octanol–water partition coefficient (Wildman–Crippen LogP) is 6.25. The summed E-state index contributed by atoms with van der Waals surface area (Å²) in [6, 6.07) is 21.1. The maximum absolute atomic E-state index is 13.4. The zero-order valence-electron chi connectivity index (χ0n) is 19.0. The third-order valence-electron chi connectivity index (χ3n) is 6.07. The number of nitrogens with zero attached hydrogens (tertiary/aromatic N) is 4. The molecule has 1 unspecified atom stereocenters. The number of aromatic nitrogens is 2. The Balaban J connectivity index is 0.00000289. The Labute approximate surface area is 214 Å². The largest absolute Gasteiger partial charge is 0.351 e. The first-order valence-corrected chi connectivity index (χ1v) is 11.5. The highest BCUT2D eigenvalue weighted by molar-refractivity contribution is 6.30. The number of carbonyl (C=O) groups excluding carboxylic acids is 1. The first-order valence-electron chi connectivity index (χ1n) is 11.1. The summed E-state index contributed by atoms with van der Waals surface area (Å²) < 4.78 is 13.4. The van der Waals surface area contributed by atoms with E-state index < -0.39 is 0 Å². The van der Waals surface area contributed by atoms with Crippen molar-refractivity contribution in [2.24, 2.45) is 0 Å². The normalized spacial score (nSPS) is 15.6. The number of benzene rings is 3. The van der Waals surface area contributed by atoms with Crippen LogP contribution >= 0.6 is 24.0 Å². The molecule has 0 bridgehead atoms. The lowest BCUT2D eigenvalue weighted by Crippen LogP contribution is -2.55. The van der Waals surface area contributed by atoms with Gasteiger partial charge in [0.15, 0.2) is 5.82 Å². The molecule has 180 valence electrons. The van der Waals surface area contributed by atoms with Crippen molar-refractivity contribution < 1.29 is 9.18 Å². The number of halogens is 3. The lowest BCUT2D eigenvalue weighted by Gasteiger charge is -2.40. The number of hydrogen-bond acceptors (Lipinski definition) is 4. The van der Waals surface area contributed by atoms with E-state index in [-0.39, 0.29) is 30.3 Å². The Kier molecular flexibility index (Phi) is 7.38. The molecule has 35 heavy (non-hydrogen) atoms. The summed E-state index contributed by atoms with van der Waals surface area (Å²) >= 11 is 5.93. The molecule has 6 nitrogen and oxygen atoms in total. The van der Waals surface area contributed by atoms with Gasteiger partial charge in [-0.3, -0.25) is 0 Å². The Morgan fingerprint density at radius 2 is 1.66 bits per heavy atom. The quantitative estimate of drug-likeness (QED) is 0.352. The lowest BCUT2D eigenvalue weighted by molar-refractivity contribution is 0.184. The van der Waals surface area contributed by atoms with Gasteiger partial charge in [0.2, 0.25) is 0 Å². The van der Waals surface area contributed by atoms with E-state index in [0.29, 0.717) is 36.0 Å². The summed E-state index contributed by atoms with van der Waals surface area (Å²) in [6.45, 7) is 3.84. The fourth-order valence-electron chi connectivity index (χ4n) is 4.32. The second-order valence-electron chi connectivity index (χ2n) is 8.35. The van der Waals surface area contributed by atoms with E-state index in [0.717, 1.165) is 22.2 Å². The molecule has 1 aliphatic rings. The van der Waals surface area contributed by atoms with E-state index in [9.17, 15) is 9.18 Å². The van der Waals surface area contributed by atoms with Crippen LogP contribution in [0.1, 0.15) is 6.92 Å². The van der Waals surface area contributed by atoms with Crippen molar-refractivity contribution in [2.45, 2.75) is 13.0 Å². The van der Waals surface area contributed by atoms with E-state index >= 15 is 0 Å². The number of anilines is 2. The minimum absolute atomic E-state index is 0. The van der Waals surface area contributed by atoms with Crippen LogP contribution in [-0.4, -0.2) is 46.8 Å². The van der Waals surface area contributed by atoms with Gasteiger partial charge in [0, 0.05) is 52.7 Å². The van der Waals surface area contributed by atoms with Crippen LogP contribution in [0.2, 0.25) is 5.02 Å². The summed E-state index contributed by atoms with van der Waals surface area (Å²) in [5.41, 5.74) is 2.24. The number of urea groups is 1. The van der Waals surface area contributed by atoms with Crippen LogP contribution in [-0.2, 0) is 0 Å². The minimum atomic E-state index is -0.287. The van der Waals surface area contributed by atoms with Crippen molar-refractivity contribution in [2.75, 3.05) is 29.9 Å². The zero-order valence-corrected chi connectivity index (χ0v) is 20.6. The molecule has 2 amide bonds. The van der Waals surface area contributed by atoms with Gasteiger partial charge in [-0.25, -0.2) is 9.18 Å². The molecule has 0 radical (unpaired) electrons. The Morgan fingerprint density at radius 3 is 2.34 bits per heavy atom. The van der Waals surface area contributed by atoms with Gasteiger partial charge in [-0.1, -0.05) is 35.9 Å². The number of amides is 2. The molecule has 1 aromatic heterocycles. The smallest absolute Gasteiger partial charge is 0.322 e. The summed E-state index contributed by atoms with van der Waals surface area (Å²) in [5.74, 6) is 0.496. The van der Waals surface area contributed by atoms with E-state index in [1.165, 1.54) is 12.1 Å².